The summed E-state index contributed by atoms with van der Waals surface area (Å²) in [4.78, 5) is 17.5. The van der Waals surface area contributed by atoms with Gasteiger partial charge in [0.05, 0.1) is 11.1 Å². The molecule has 6 nitrogen and oxygen atoms in total. The molecule has 0 bridgehead atoms. The van der Waals surface area contributed by atoms with E-state index in [0.29, 0.717) is 33.5 Å². The molecule has 3 aromatic carbocycles. The molecule has 5 rings (SSSR count). The maximum Gasteiger partial charge on any atom is 0.279 e. The average Bonchev–Trinajstić information content (AvgIpc) is 3.25. The minimum atomic E-state index is -0.347. The molecule has 0 amide bonds. The van der Waals surface area contributed by atoms with Crippen molar-refractivity contribution in [3.8, 4) is 28.7 Å². The molecule has 0 spiro atoms. The van der Waals surface area contributed by atoms with Gasteiger partial charge in [-0.1, -0.05) is 41.1 Å². The molecule has 30 heavy (non-hydrogen) atoms. The summed E-state index contributed by atoms with van der Waals surface area (Å²) in [6.07, 6.45) is 0. The van der Waals surface area contributed by atoms with Crippen LogP contribution < -0.4 is 5.56 Å². The van der Waals surface area contributed by atoms with Gasteiger partial charge in [-0.25, -0.2) is 4.39 Å². The number of nitrogens with zero attached hydrogens (tertiary/aromatic N) is 4. The largest absolute Gasteiger partial charge is 0.332 e. The molecule has 0 unspecified atom stereocenters. The van der Waals surface area contributed by atoms with Gasteiger partial charge in [0.1, 0.15) is 5.82 Å². The van der Waals surface area contributed by atoms with Crippen molar-refractivity contribution < 1.29 is 8.91 Å². The molecule has 146 valence electrons. The highest BCUT2D eigenvalue weighted by Gasteiger charge is 2.19. The van der Waals surface area contributed by atoms with Crippen molar-refractivity contribution in [1.82, 2.24) is 19.9 Å². The van der Waals surface area contributed by atoms with Crippen molar-refractivity contribution in [1.29, 1.82) is 0 Å². The van der Waals surface area contributed by atoms with Crippen LogP contribution in [0, 0.1) is 12.7 Å². The third-order valence-electron chi connectivity index (χ3n) is 4.81. The number of hydrogen-bond donors (Lipinski definition) is 0. The molecule has 7 heteroatoms. The van der Waals surface area contributed by atoms with Gasteiger partial charge in [-0.15, -0.1) is 0 Å². The summed E-state index contributed by atoms with van der Waals surface area (Å²) in [6.45, 7) is 1.97. The van der Waals surface area contributed by atoms with Gasteiger partial charge in [-0.05, 0) is 49.4 Å². The molecular formula is C23H15FN4O2. The topological polar surface area (TPSA) is 73.8 Å². The number of fused-ring (bicyclic) bond motifs is 1. The van der Waals surface area contributed by atoms with Gasteiger partial charge in [0.15, 0.2) is 5.69 Å². The van der Waals surface area contributed by atoms with E-state index in [9.17, 15) is 9.18 Å². The predicted molar refractivity (Wildman–Crippen MR) is 111 cm³/mol. The lowest BCUT2D eigenvalue weighted by atomic mass is 10.1. The van der Waals surface area contributed by atoms with Crippen LogP contribution in [0.15, 0.2) is 82.1 Å². The fourth-order valence-electron chi connectivity index (χ4n) is 3.24. The zero-order valence-electron chi connectivity index (χ0n) is 15.9. The average molecular weight is 398 g/mol. The lowest BCUT2D eigenvalue weighted by Gasteiger charge is -2.09. The standard InChI is InChI=1S/C23H15FN4O2/c1-14-6-12-17(13-7-14)28-23(29)19-5-3-2-4-18(19)20(26-28)22-25-21(27-30-22)15-8-10-16(24)11-9-15/h2-13H,1H3. The van der Waals surface area contributed by atoms with Crippen LogP contribution >= 0.6 is 0 Å². The Balaban J connectivity index is 1.71. The van der Waals surface area contributed by atoms with Crippen molar-refractivity contribution in [2.24, 2.45) is 0 Å². The number of benzene rings is 3. The van der Waals surface area contributed by atoms with Crippen molar-refractivity contribution in [3.05, 3.63) is 94.5 Å². The molecule has 2 aromatic heterocycles. The van der Waals surface area contributed by atoms with Crippen molar-refractivity contribution in [2.45, 2.75) is 6.92 Å². The van der Waals surface area contributed by atoms with E-state index < -0.39 is 0 Å². The number of rotatable bonds is 3. The highest BCUT2D eigenvalue weighted by Crippen LogP contribution is 2.26. The normalized spacial score (nSPS) is 11.1. The monoisotopic (exact) mass is 398 g/mol. The maximum atomic E-state index is 13.2. The van der Waals surface area contributed by atoms with Gasteiger partial charge in [-0.3, -0.25) is 4.79 Å². The highest BCUT2D eigenvalue weighted by molar-refractivity contribution is 5.92. The van der Waals surface area contributed by atoms with E-state index >= 15 is 0 Å². The second-order valence-corrected chi connectivity index (χ2v) is 6.88. The first kappa shape index (κ1) is 17.9. The summed E-state index contributed by atoms with van der Waals surface area (Å²) in [6, 6.07) is 20.4. The smallest absolute Gasteiger partial charge is 0.279 e. The number of halogens is 1. The Morgan fingerprint density at radius 2 is 1.60 bits per heavy atom. The van der Waals surface area contributed by atoms with Gasteiger partial charge in [0, 0.05) is 10.9 Å². The van der Waals surface area contributed by atoms with Gasteiger partial charge < -0.3 is 4.52 Å². The fourth-order valence-corrected chi connectivity index (χ4v) is 3.24. The maximum absolute atomic E-state index is 13.2. The Bertz CT molecular complexity index is 1420. The molecule has 0 N–H and O–H groups in total. The van der Waals surface area contributed by atoms with Gasteiger partial charge in [0.25, 0.3) is 11.4 Å². The Morgan fingerprint density at radius 1 is 0.900 bits per heavy atom. The Morgan fingerprint density at radius 3 is 2.33 bits per heavy atom. The molecule has 0 fully saturated rings. The van der Waals surface area contributed by atoms with E-state index in [-0.39, 0.29) is 17.3 Å². The van der Waals surface area contributed by atoms with Crippen molar-refractivity contribution >= 4 is 10.8 Å². The zero-order chi connectivity index (χ0) is 20.7. The molecule has 2 heterocycles. The van der Waals surface area contributed by atoms with Crippen LogP contribution in [0.1, 0.15) is 5.56 Å². The molecular weight excluding hydrogens is 383 g/mol. The van der Waals surface area contributed by atoms with E-state index in [1.807, 2.05) is 37.3 Å². The SMILES string of the molecule is Cc1ccc(-n2nc(-c3nc(-c4ccc(F)cc4)no3)c3ccccc3c2=O)cc1. The molecule has 5 aromatic rings. The summed E-state index contributed by atoms with van der Waals surface area (Å²) in [5.41, 5.74) is 2.48. The Kier molecular flexibility index (Phi) is 4.21. The van der Waals surface area contributed by atoms with Gasteiger partial charge >= 0.3 is 0 Å². The number of hydrogen-bond acceptors (Lipinski definition) is 5. The lowest BCUT2D eigenvalue weighted by molar-refractivity contribution is 0.430. The summed E-state index contributed by atoms with van der Waals surface area (Å²) < 4.78 is 20.0. The number of aryl methyl sites for hydroxylation is 1. The zero-order valence-corrected chi connectivity index (χ0v) is 15.9. The van der Waals surface area contributed by atoms with Gasteiger partial charge in [-0.2, -0.15) is 14.8 Å². The van der Waals surface area contributed by atoms with E-state index in [1.165, 1.54) is 16.8 Å². The molecule has 0 aliphatic carbocycles. The molecule has 0 atom stereocenters. The van der Waals surface area contributed by atoms with Crippen LogP contribution in [0.4, 0.5) is 4.39 Å². The molecule has 0 aliphatic rings. The summed E-state index contributed by atoms with van der Waals surface area (Å²) in [5.74, 6) is 0.135. The van der Waals surface area contributed by atoms with E-state index in [1.54, 1.807) is 30.3 Å². The van der Waals surface area contributed by atoms with Crippen LogP contribution in [0.25, 0.3) is 39.4 Å². The molecule has 0 saturated heterocycles. The Labute approximate surface area is 170 Å². The minimum absolute atomic E-state index is 0.173. The second kappa shape index (κ2) is 7.04. The van der Waals surface area contributed by atoms with Gasteiger partial charge in [0.2, 0.25) is 5.82 Å². The van der Waals surface area contributed by atoms with E-state index in [0.717, 1.165) is 5.56 Å². The summed E-state index contributed by atoms with van der Waals surface area (Å²) in [5, 5.41) is 9.64. The molecule has 0 saturated carbocycles. The van der Waals surface area contributed by atoms with Crippen LogP contribution in [-0.4, -0.2) is 19.9 Å². The highest BCUT2D eigenvalue weighted by atomic mass is 19.1. The van der Waals surface area contributed by atoms with Crippen molar-refractivity contribution in [2.75, 3.05) is 0 Å². The number of aromatic nitrogens is 4. The Hall–Kier alpha value is -4.13. The van der Waals surface area contributed by atoms with Crippen LogP contribution in [-0.2, 0) is 0 Å². The summed E-state index contributed by atoms with van der Waals surface area (Å²) >= 11 is 0. The van der Waals surface area contributed by atoms with E-state index in [4.69, 9.17) is 4.52 Å². The van der Waals surface area contributed by atoms with Crippen molar-refractivity contribution in [3.63, 3.8) is 0 Å². The van der Waals surface area contributed by atoms with Crippen LogP contribution in [0.2, 0.25) is 0 Å². The van der Waals surface area contributed by atoms with Crippen LogP contribution in [0.5, 0.6) is 0 Å². The first-order valence-corrected chi connectivity index (χ1v) is 9.29. The third kappa shape index (κ3) is 3.06. The third-order valence-corrected chi connectivity index (χ3v) is 4.81. The quantitative estimate of drug-likeness (QED) is 0.446. The summed E-state index contributed by atoms with van der Waals surface area (Å²) in [7, 11) is 0. The fraction of sp³-hybridized carbons (Fsp3) is 0.0435. The van der Waals surface area contributed by atoms with E-state index in [2.05, 4.69) is 15.2 Å². The lowest BCUT2D eigenvalue weighted by Crippen LogP contribution is -2.22. The first-order chi connectivity index (χ1) is 14.6. The molecule has 0 aliphatic heterocycles. The van der Waals surface area contributed by atoms with Crippen LogP contribution in [0.3, 0.4) is 0 Å². The minimum Gasteiger partial charge on any atom is -0.332 e. The second-order valence-electron chi connectivity index (χ2n) is 6.88. The predicted octanol–water partition coefficient (Wildman–Crippen LogP) is 4.55. The molecule has 0 radical (unpaired) electrons. The first-order valence-electron chi connectivity index (χ1n) is 9.29.